The van der Waals surface area contributed by atoms with Gasteiger partial charge in [0, 0.05) is 17.3 Å². The van der Waals surface area contributed by atoms with Gasteiger partial charge in [0.25, 0.3) is 5.91 Å². The second kappa shape index (κ2) is 7.91. The molecule has 3 rings (SSSR count). The van der Waals surface area contributed by atoms with Gasteiger partial charge < -0.3 is 20.1 Å². The van der Waals surface area contributed by atoms with Crippen LogP contribution in [0.4, 0.5) is 5.69 Å². The van der Waals surface area contributed by atoms with Crippen molar-refractivity contribution < 1.29 is 19.1 Å². The highest BCUT2D eigenvalue weighted by Gasteiger charge is 2.27. The Morgan fingerprint density at radius 3 is 2.54 bits per heavy atom. The SMILES string of the molecule is CCC(C)C(NC(=O)c1ccccc1)C(=O)Nc1ccc2c(c1)OCO2. The summed E-state index contributed by atoms with van der Waals surface area (Å²) in [7, 11) is 0. The molecule has 0 aliphatic carbocycles. The normalized spacial score (nSPS) is 14.4. The highest BCUT2D eigenvalue weighted by atomic mass is 16.7. The molecule has 26 heavy (non-hydrogen) atoms. The van der Waals surface area contributed by atoms with Gasteiger partial charge in [-0.3, -0.25) is 9.59 Å². The van der Waals surface area contributed by atoms with E-state index >= 15 is 0 Å². The molecule has 136 valence electrons. The van der Waals surface area contributed by atoms with Gasteiger partial charge in [-0.1, -0.05) is 38.5 Å². The van der Waals surface area contributed by atoms with E-state index in [1.165, 1.54) is 0 Å². The number of carbonyl (C=O) groups excluding carboxylic acids is 2. The zero-order valence-electron chi connectivity index (χ0n) is 14.8. The summed E-state index contributed by atoms with van der Waals surface area (Å²) in [5.41, 5.74) is 1.12. The number of nitrogens with one attached hydrogen (secondary N) is 2. The smallest absolute Gasteiger partial charge is 0.251 e. The molecule has 0 saturated carbocycles. The molecule has 6 nitrogen and oxygen atoms in total. The van der Waals surface area contributed by atoms with Crippen LogP contribution < -0.4 is 20.1 Å². The number of hydrogen-bond donors (Lipinski definition) is 2. The quantitative estimate of drug-likeness (QED) is 0.835. The first kappa shape index (κ1) is 17.8. The lowest BCUT2D eigenvalue weighted by molar-refractivity contribution is -0.119. The van der Waals surface area contributed by atoms with E-state index < -0.39 is 6.04 Å². The number of amides is 2. The number of ether oxygens (including phenoxy) is 2. The summed E-state index contributed by atoms with van der Waals surface area (Å²) in [6.45, 7) is 4.10. The van der Waals surface area contributed by atoms with E-state index in [4.69, 9.17) is 9.47 Å². The Kier molecular flexibility index (Phi) is 5.41. The van der Waals surface area contributed by atoms with E-state index in [2.05, 4.69) is 10.6 Å². The summed E-state index contributed by atoms with van der Waals surface area (Å²) in [5, 5.41) is 5.70. The molecule has 2 unspecified atom stereocenters. The molecule has 0 fully saturated rings. The van der Waals surface area contributed by atoms with Gasteiger partial charge in [-0.25, -0.2) is 0 Å². The van der Waals surface area contributed by atoms with Crippen LogP contribution in [-0.4, -0.2) is 24.6 Å². The molecule has 2 amide bonds. The van der Waals surface area contributed by atoms with Crippen molar-refractivity contribution in [3.05, 3.63) is 54.1 Å². The molecule has 6 heteroatoms. The largest absolute Gasteiger partial charge is 0.454 e. The van der Waals surface area contributed by atoms with Crippen molar-refractivity contribution in [2.24, 2.45) is 5.92 Å². The molecule has 0 bridgehead atoms. The lowest BCUT2D eigenvalue weighted by Gasteiger charge is -2.23. The number of fused-ring (bicyclic) bond motifs is 1. The molecule has 1 heterocycles. The molecular weight excluding hydrogens is 332 g/mol. The molecular formula is C20H22N2O4. The van der Waals surface area contributed by atoms with E-state index in [0.29, 0.717) is 22.7 Å². The van der Waals surface area contributed by atoms with Crippen molar-refractivity contribution in [2.75, 3.05) is 12.1 Å². The van der Waals surface area contributed by atoms with E-state index in [1.54, 1.807) is 42.5 Å². The van der Waals surface area contributed by atoms with Gasteiger partial charge in [-0.15, -0.1) is 0 Å². The van der Waals surface area contributed by atoms with Crippen LogP contribution in [0.2, 0.25) is 0 Å². The minimum atomic E-state index is -0.641. The summed E-state index contributed by atoms with van der Waals surface area (Å²) < 4.78 is 10.6. The van der Waals surface area contributed by atoms with Gasteiger partial charge in [-0.05, 0) is 30.2 Å². The predicted molar refractivity (Wildman–Crippen MR) is 98.3 cm³/mol. The fraction of sp³-hybridized carbons (Fsp3) is 0.300. The minimum absolute atomic E-state index is 0.0170. The molecule has 1 aliphatic heterocycles. The van der Waals surface area contributed by atoms with E-state index in [-0.39, 0.29) is 24.5 Å². The van der Waals surface area contributed by atoms with Crippen LogP contribution in [0.1, 0.15) is 30.6 Å². The number of benzene rings is 2. The van der Waals surface area contributed by atoms with Gasteiger partial charge in [-0.2, -0.15) is 0 Å². The van der Waals surface area contributed by atoms with E-state index in [9.17, 15) is 9.59 Å². The monoisotopic (exact) mass is 354 g/mol. The molecule has 1 aliphatic rings. The fourth-order valence-corrected chi connectivity index (χ4v) is 2.71. The standard InChI is InChI=1S/C20H22N2O4/c1-3-13(2)18(22-19(23)14-7-5-4-6-8-14)20(24)21-15-9-10-16-17(11-15)26-12-25-16/h4-11,13,18H,3,12H2,1-2H3,(H,21,24)(H,22,23). The van der Waals surface area contributed by atoms with E-state index in [1.807, 2.05) is 19.9 Å². The minimum Gasteiger partial charge on any atom is -0.454 e. The number of carbonyl (C=O) groups is 2. The summed E-state index contributed by atoms with van der Waals surface area (Å²) >= 11 is 0. The van der Waals surface area contributed by atoms with Crippen molar-refractivity contribution in [1.82, 2.24) is 5.32 Å². The molecule has 0 spiro atoms. The maximum Gasteiger partial charge on any atom is 0.251 e. The molecule has 2 atom stereocenters. The molecule has 2 N–H and O–H groups in total. The summed E-state index contributed by atoms with van der Waals surface area (Å²) in [5.74, 6) is 0.700. The number of rotatable bonds is 6. The number of anilines is 1. The Labute approximate surface area is 152 Å². The maximum absolute atomic E-state index is 12.8. The Hall–Kier alpha value is -3.02. The van der Waals surface area contributed by atoms with Gasteiger partial charge in [0.2, 0.25) is 12.7 Å². The van der Waals surface area contributed by atoms with Crippen LogP contribution in [-0.2, 0) is 4.79 Å². The third-order valence-corrected chi connectivity index (χ3v) is 4.46. The van der Waals surface area contributed by atoms with Gasteiger partial charge in [0.1, 0.15) is 6.04 Å². The lowest BCUT2D eigenvalue weighted by atomic mass is 9.97. The van der Waals surface area contributed by atoms with E-state index in [0.717, 1.165) is 6.42 Å². The zero-order valence-corrected chi connectivity index (χ0v) is 14.8. The fourth-order valence-electron chi connectivity index (χ4n) is 2.71. The van der Waals surface area contributed by atoms with Crippen molar-refractivity contribution in [3.63, 3.8) is 0 Å². The first-order valence-corrected chi connectivity index (χ1v) is 8.65. The average molecular weight is 354 g/mol. The summed E-state index contributed by atoms with van der Waals surface area (Å²) in [4.78, 5) is 25.2. The summed E-state index contributed by atoms with van der Waals surface area (Å²) in [6, 6.07) is 13.4. The van der Waals surface area contributed by atoms with Crippen LogP contribution >= 0.6 is 0 Å². The second-order valence-corrected chi connectivity index (χ2v) is 6.26. The highest BCUT2D eigenvalue weighted by Crippen LogP contribution is 2.34. The van der Waals surface area contributed by atoms with Crippen LogP contribution in [0.15, 0.2) is 48.5 Å². The lowest BCUT2D eigenvalue weighted by Crippen LogP contribution is -2.47. The third kappa shape index (κ3) is 3.96. The zero-order chi connectivity index (χ0) is 18.5. The molecule has 0 aromatic heterocycles. The van der Waals surface area contributed by atoms with Crippen LogP contribution in [0, 0.1) is 5.92 Å². The Bertz CT molecular complexity index is 792. The van der Waals surface area contributed by atoms with Crippen molar-refractivity contribution in [1.29, 1.82) is 0 Å². The molecule has 2 aromatic carbocycles. The third-order valence-electron chi connectivity index (χ3n) is 4.46. The molecule has 2 aromatic rings. The number of hydrogen-bond acceptors (Lipinski definition) is 4. The van der Waals surface area contributed by atoms with Crippen molar-refractivity contribution in [3.8, 4) is 11.5 Å². The predicted octanol–water partition coefficient (Wildman–Crippen LogP) is 3.20. The van der Waals surface area contributed by atoms with Gasteiger partial charge in [0.15, 0.2) is 11.5 Å². The van der Waals surface area contributed by atoms with Crippen LogP contribution in [0.3, 0.4) is 0 Å². The van der Waals surface area contributed by atoms with Crippen LogP contribution in [0.5, 0.6) is 11.5 Å². The topological polar surface area (TPSA) is 76.7 Å². The average Bonchev–Trinajstić information content (AvgIpc) is 3.13. The van der Waals surface area contributed by atoms with Gasteiger partial charge >= 0.3 is 0 Å². The summed E-state index contributed by atoms with van der Waals surface area (Å²) in [6.07, 6.45) is 0.758. The Morgan fingerprint density at radius 2 is 1.81 bits per heavy atom. The maximum atomic E-state index is 12.8. The first-order valence-electron chi connectivity index (χ1n) is 8.65. The first-order chi connectivity index (χ1) is 12.6. The molecule has 0 radical (unpaired) electrons. The molecule has 0 saturated heterocycles. The van der Waals surface area contributed by atoms with Gasteiger partial charge in [0.05, 0.1) is 0 Å². The highest BCUT2D eigenvalue weighted by molar-refractivity contribution is 6.01. The second-order valence-electron chi connectivity index (χ2n) is 6.26. The Balaban J connectivity index is 1.72. The van der Waals surface area contributed by atoms with Crippen LogP contribution in [0.25, 0.3) is 0 Å². The Morgan fingerprint density at radius 1 is 1.08 bits per heavy atom. The van der Waals surface area contributed by atoms with Crippen molar-refractivity contribution in [2.45, 2.75) is 26.3 Å². The van der Waals surface area contributed by atoms with Crippen molar-refractivity contribution >= 4 is 17.5 Å².